The van der Waals surface area contributed by atoms with Crippen LogP contribution in [0.3, 0.4) is 0 Å². The summed E-state index contributed by atoms with van der Waals surface area (Å²) >= 11 is 7.54. The number of aliphatic hydroxyl groups excluding tert-OH is 1. The lowest BCUT2D eigenvalue weighted by Gasteiger charge is -2.39. The van der Waals surface area contributed by atoms with Crippen molar-refractivity contribution in [1.29, 1.82) is 0 Å². The number of hydrogen-bond acceptors (Lipinski definition) is 11. The van der Waals surface area contributed by atoms with E-state index >= 15 is 0 Å². The third-order valence-corrected chi connectivity index (χ3v) is 14.6. The smallest absolute Gasteiger partial charge is 0.275 e. The molecule has 3 aliphatic rings. The summed E-state index contributed by atoms with van der Waals surface area (Å²) in [6.07, 6.45) is 7.30. The van der Waals surface area contributed by atoms with E-state index in [1.54, 1.807) is 30.5 Å². The minimum absolute atomic E-state index is 0.0211. The fourth-order valence-corrected chi connectivity index (χ4v) is 10.9. The van der Waals surface area contributed by atoms with Crippen LogP contribution in [0.4, 0.5) is 11.4 Å². The number of rotatable bonds is 12. The standard InChI is InChI=1S/C44H47ClN6O7S2/c1-44(2)12-9-31(38(24-44)29-3-5-32(45)6-4-29)26-49-14-16-50(17-15-49)33-7-8-36(40(21-33)58-34-20-30-10-13-46-42(30)47-25-34)43(53)48-60(56,57)35-22-39(51(54)55)37-19-28(11-18-52)27-59-41(37)23-35/h3-8,10,13,20-23,25,28,52H,9,11-12,14-19,24,26-27H2,1-2H3,(H,46,47)(H,48,53)/t28-/m0/s1. The number of sulfonamides is 1. The van der Waals surface area contributed by atoms with Gasteiger partial charge in [-0.1, -0.05) is 43.2 Å². The van der Waals surface area contributed by atoms with Gasteiger partial charge >= 0.3 is 0 Å². The molecule has 1 saturated heterocycles. The van der Waals surface area contributed by atoms with Crippen molar-refractivity contribution in [3.8, 4) is 11.5 Å². The molecule has 0 bridgehead atoms. The maximum absolute atomic E-state index is 14.0. The predicted molar refractivity (Wildman–Crippen MR) is 235 cm³/mol. The van der Waals surface area contributed by atoms with E-state index in [0.29, 0.717) is 40.5 Å². The van der Waals surface area contributed by atoms with Crippen LogP contribution in [0.25, 0.3) is 16.6 Å². The molecule has 1 amide bonds. The number of piperazine rings is 1. The maximum Gasteiger partial charge on any atom is 0.275 e. The first-order valence-corrected chi connectivity index (χ1v) is 22.9. The van der Waals surface area contributed by atoms with Gasteiger partial charge in [-0.2, -0.15) is 0 Å². The molecule has 314 valence electrons. The van der Waals surface area contributed by atoms with Crippen LogP contribution >= 0.6 is 23.4 Å². The molecule has 4 heterocycles. The fourth-order valence-electron chi connectivity index (χ4n) is 8.40. The van der Waals surface area contributed by atoms with E-state index in [9.17, 15) is 28.4 Å². The molecule has 0 unspecified atom stereocenters. The Kier molecular flexibility index (Phi) is 12.0. The lowest BCUT2D eigenvalue weighted by molar-refractivity contribution is -0.386. The van der Waals surface area contributed by atoms with Crippen molar-refractivity contribution in [2.45, 2.75) is 55.7 Å². The van der Waals surface area contributed by atoms with E-state index < -0.39 is 20.9 Å². The SMILES string of the molecule is CC1(C)CCC(CN2CCN(c3ccc(C(=O)NS(=O)(=O)c4cc5c(c([N+](=O)[O-])c4)C[C@H](CCO)CS5)c(Oc4cnc5[nH]ccc5c4)c3)CC2)=C(c2ccc(Cl)cc2)C1. The van der Waals surface area contributed by atoms with Gasteiger partial charge in [0.25, 0.3) is 21.6 Å². The Hall–Kier alpha value is -4.93. The van der Waals surface area contributed by atoms with Gasteiger partial charge in [-0.25, -0.2) is 18.1 Å². The van der Waals surface area contributed by atoms with Crippen molar-refractivity contribution in [2.24, 2.45) is 11.3 Å². The van der Waals surface area contributed by atoms with Crippen molar-refractivity contribution in [3.05, 3.63) is 117 Å². The Labute approximate surface area is 358 Å². The van der Waals surface area contributed by atoms with Crippen molar-refractivity contribution >= 4 is 67.3 Å². The number of nitrogens with one attached hydrogen (secondary N) is 2. The highest BCUT2D eigenvalue weighted by molar-refractivity contribution is 7.99. The first-order chi connectivity index (χ1) is 28.7. The number of aliphatic hydroxyl groups is 1. The number of anilines is 1. The fraction of sp³-hybridized carbons (Fsp3) is 0.364. The molecule has 8 rings (SSSR count). The Morgan fingerprint density at radius 2 is 1.88 bits per heavy atom. The highest BCUT2D eigenvalue weighted by atomic mass is 35.5. The number of benzene rings is 3. The molecule has 60 heavy (non-hydrogen) atoms. The van der Waals surface area contributed by atoms with Crippen LogP contribution in [0.5, 0.6) is 11.5 Å². The van der Waals surface area contributed by atoms with E-state index in [0.717, 1.165) is 74.1 Å². The molecule has 2 aliphatic heterocycles. The summed E-state index contributed by atoms with van der Waals surface area (Å²) in [5, 5.41) is 23.1. The number of thioether (sulfide) groups is 1. The summed E-state index contributed by atoms with van der Waals surface area (Å²) in [5.41, 5.74) is 5.85. The van der Waals surface area contributed by atoms with Crippen LogP contribution < -0.4 is 14.4 Å². The second-order valence-electron chi connectivity index (χ2n) is 16.6. The van der Waals surface area contributed by atoms with Crippen LogP contribution in [-0.4, -0.2) is 84.3 Å². The monoisotopic (exact) mass is 870 g/mol. The van der Waals surface area contributed by atoms with Crippen molar-refractivity contribution in [3.63, 3.8) is 0 Å². The van der Waals surface area contributed by atoms with Gasteiger partial charge in [0, 0.05) is 90.0 Å². The molecule has 5 aromatic rings. The number of fused-ring (bicyclic) bond motifs is 2. The first kappa shape index (κ1) is 41.8. The number of ether oxygens (including phenoxy) is 1. The number of carbonyl (C=O) groups excluding carboxylic acids is 1. The van der Waals surface area contributed by atoms with E-state index in [1.165, 1.54) is 40.7 Å². The predicted octanol–water partition coefficient (Wildman–Crippen LogP) is 8.47. The van der Waals surface area contributed by atoms with E-state index in [-0.39, 0.29) is 39.8 Å². The molecular formula is C44H47ClN6O7S2. The molecule has 1 fully saturated rings. The highest BCUT2D eigenvalue weighted by Gasteiger charge is 2.33. The topological polar surface area (TPSA) is 171 Å². The van der Waals surface area contributed by atoms with E-state index in [2.05, 4.69) is 50.5 Å². The summed E-state index contributed by atoms with van der Waals surface area (Å²) in [6.45, 7) is 8.59. The highest BCUT2D eigenvalue weighted by Crippen LogP contribution is 2.44. The summed E-state index contributed by atoms with van der Waals surface area (Å²) in [7, 11) is -4.57. The zero-order valence-electron chi connectivity index (χ0n) is 33.4. The third kappa shape index (κ3) is 9.20. The number of H-pyrrole nitrogens is 1. The minimum atomic E-state index is -4.57. The zero-order valence-corrected chi connectivity index (χ0v) is 35.8. The summed E-state index contributed by atoms with van der Waals surface area (Å²) in [5.74, 6) is 0.127. The van der Waals surface area contributed by atoms with Gasteiger partial charge in [0.2, 0.25) is 0 Å². The van der Waals surface area contributed by atoms with Crippen molar-refractivity contribution in [1.82, 2.24) is 19.6 Å². The number of pyridine rings is 1. The molecule has 3 N–H and O–H groups in total. The first-order valence-electron chi connectivity index (χ1n) is 20.1. The number of aromatic amines is 1. The number of aromatic nitrogens is 2. The number of hydrogen-bond donors (Lipinski definition) is 3. The number of carbonyl (C=O) groups is 1. The molecule has 1 aliphatic carbocycles. The Bertz CT molecular complexity index is 2590. The molecule has 16 heteroatoms. The van der Waals surface area contributed by atoms with Gasteiger partial charge in [-0.3, -0.25) is 19.8 Å². The molecule has 13 nitrogen and oxygen atoms in total. The minimum Gasteiger partial charge on any atom is -0.455 e. The quantitative estimate of drug-likeness (QED) is 0.0812. The van der Waals surface area contributed by atoms with Crippen LogP contribution in [0.15, 0.2) is 94.5 Å². The van der Waals surface area contributed by atoms with Crippen molar-refractivity contribution in [2.75, 3.05) is 50.0 Å². The number of amides is 1. The largest absolute Gasteiger partial charge is 0.455 e. The number of nitrogens with zero attached hydrogens (tertiary/aromatic N) is 4. The van der Waals surface area contributed by atoms with Crippen LogP contribution in [0.2, 0.25) is 5.02 Å². The molecule has 2 aromatic heterocycles. The molecule has 1 atom stereocenters. The molecular weight excluding hydrogens is 824 g/mol. The number of nitro benzene ring substituents is 1. The lowest BCUT2D eigenvalue weighted by Crippen LogP contribution is -2.47. The van der Waals surface area contributed by atoms with Gasteiger partial charge in [0.05, 0.1) is 21.6 Å². The Balaban J connectivity index is 1.03. The maximum atomic E-state index is 14.0. The number of allylic oxidation sites excluding steroid dienone is 1. The van der Waals surface area contributed by atoms with Crippen LogP contribution in [0, 0.1) is 21.4 Å². The molecule has 3 aromatic carbocycles. The van der Waals surface area contributed by atoms with E-state index in [1.807, 2.05) is 18.2 Å². The van der Waals surface area contributed by atoms with E-state index in [4.69, 9.17) is 16.3 Å². The molecule has 0 spiro atoms. The number of halogens is 1. The second kappa shape index (κ2) is 17.2. The van der Waals surface area contributed by atoms with Crippen LogP contribution in [-0.2, 0) is 16.4 Å². The van der Waals surface area contributed by atoms with Crippen LogP contribution in [0.1, 0.15) is 61.0 Å². The average molecular weight is 871 g/mol. The van der Waals surface area contributed by atoms with Gasteiger partial charge in [-0.15, -0.1) is 11.8 Å². The Morgan fingerprint density at radius 3 is 2.63 bits per heavy atom. The average Bonchev–Trinajstić information content (AvgIpc) is 3.70. The van der Waals surface area contributed by atoms with Gasteiger partial charge in [-0.05, 0) is 97.0 Å². The third-order valence-electron chi connectivity index (χ3n) is 11.7. The normalized spacial score (nSPS) is 18.3. The van der Waals surface area contributed by atoms with Crippen molar-refractivity contribution < 1.29 is 28.0 Å². The summed E-state index contributed by atoms with van der Waals surface area (Å²) in [6, 6.07) is 19.2. The lowest BCUT2D eigenvalue weighted by atomic mass is 9.72. The van der Waals surface area contributed by atoms with Gasteiger partial charge < -0.3 is 19.7 Å². The number of nitro groups is 1. The van der Waals surface area contributed by atoms with Gasteiger partial charge in [0.15, 0.2) is 0 Å². The summed E-state index contributed by atoms with van der Waals surface area (Å²) in [4.78, 5) is 37.7. The molecule has 0 radical (unpaired) electrons. The molecule has 0 saturated carbocycles. The van der Waals surface area contributed by atoms with Gasteiger partial charge in [0.1, 0.15) is 17.1 Å². The Morgan fingerprint density at radius 1 is 1.10 bits per heavy atom. The summed E-state index contributed by atoms with van der Waals surface area (Å²) < 4.78 is 36.0. The zero-order chi connectivity index (χ0) is 42.2. The second-order valence-corrected chi connectivity index (χ2v) is 19.7.